The maximum Gasteiger partial charge on any atom is 0.321 e. The van der Waals surface area contributed by atoms with Gasteiger partial charge in [0.2, 0.25) is 5.95 Å². The van der Waals surface area contributed by atoms with Gasteiger partial charge in [0.25, 0.3) is 11.8 Å². The molecule has 0 bridgehead atoms. The molecule has 1 saturated heterocycles. The fourth-order valence-electron chi connectivity index (χ4n) is 3.21. The molecule has 1 aromatic carbocycles. The second-order valence-corrected chi connectivity index (χ2v) is 6.38. The minimum atomic E-state index is -0.359. The van der Waals surface area contributed by atoms with Gasteiger partial charge in [-0.1, -0.05) is 0 Å². The average Bonchev–Trinajstić information content (AvgIpc) is 2.92. The Hall–Kier alpha value is -3.49. The van der Waals surface area contributed by atoms with Crippen molar-refractivity contribution in [1.29, 1.82) is 0 Å². The Bertz CT molecular complexity index is 909. The highest BCUT2D eigenvalue weighted by atomic mass is 16.2. The number of hydrogen-bond donors (Lipinski definition) is 1. The maximum atomic E-state index is 12.5. The number of urea groups is 1. The van der Waals surface area contributed by atoms with Gasteiger partial charge in [-0.2, -0.15) is 0 Å². The van der Waals surface area contributed by atoms with Gasteiger partial charge in [-0.15, -0.1) is 0 Å². The van der Waals surface area contributed by atoms with Crippen molar-refractivity contribution in [3.63, 3.8) is 0 Å². The Labute approximate surface area is 155 Å². The van der Waals surface area contributed by atoms with Crippen LogP contribution in [-0.4, -0.2) is 70.8 Å². The number of fused-ring (bicyclic) bond motifs is 1. The van der Waals surface area contributed by atoms with E-state index in [1.165, 1.54) is 7.05 Å². The van der Waals surface area contributed by atoms with Crippen LogP contribution in [0.3, 0.4) is 0 Å². The van der Waals surface area contributed by atoms with Gasteiger partial charge in [-0.3, -0.25) is 14.5 Å². The van der Waals surface area contributed by atoms with Crippen LogP contribution in [0.4, 0.5) is 16.4 Å². The second kappa shape index (κ2) is 6.67. The normalized spacial score (nSPS) is 16.6. The first-order chi connectivity index (χ1) is 13.0. The van der Waals surface area contributed by atoms with E-state index in [0.29, 0.717) is 48.9 Å². The van der Waals surface area contributed by atoms with Crippen LogP contribution in [0.5, 0.6) is 0 Å². The third-order valence-electron chi connectivity index (χ3n) is 4.74. The van der Waals surface area contributed by atoms with E-state index >= 15 is 0 Å². The lowest BCUT2D eigenvalue weighted by Gasteiger charge is -2.34. The summed E-state index contributed by atoms with van der Waals surface area (Å²) in [7, 11) is 1.44. The van der Waals surface area contributed by atoms with Crippen LogP contribution in [0, 0.1) is 0 Å². The molecule has 0 radical (unpaired) electrons. The van der Waals surface area contributed by atoms with E-state index in [-0.39, 0.29) is 17.8 Å². The quantitative estimate of drug-likeness (QED) is 0.798. The number of hydrogen-bond acceptors (Lipinski definition) is 6. The highest BCUT2D eigenvalue weighted by Crippen LogP contribution is 2.25. The molecule has 1 aromatic heterocycles. The van der Waals surface area contributed by atoms with Gasteiger partial charge >= 0.3 is 6.03 Å². The Morgan fingerprint density at radius 2 is 1.67 bits per heavy atom. The minimum Gasteiger partial charge on any atom is -0.337 e. The van der Waals surface area contributed by atoms with Crippen LogP contribution in [0.25, 0.3) is 0 Å². The van der Waals surface area contributed by atoms with Crippen molar-refractivity contribution in [3.05, 3.63) is 47.8 Å². The van der Waals surface area contributed by atoms with Crippen LogP contribution in [0.15, 0.2) is 36.7 Å². The molecular formula is C18H18N6O3. The summed E-state index contributed by atoms with van der Waals surface area (Å²) in [6.07, 6.45) is 3.39. The van der Waals surface area contributed by atoms with E-state index in [1.54, 1.807) is 41.6 Å². The van der Waals surface area contributed by atoms with Crippen LogP contribution in [-0.2, 0) is 0 Å². The van der Waals surface area contributed by atoms with Crippen molar-refractivity contribution in [2.24, 2.45) is 0 Å². The molecule has 0 unspecified atom stereocenters. The van der Waals surface area contributed by atoms with Crippen molar-refractivity contribution in [3.8, 4) is 0 Å². The van der Waals surface area contributed by atoms with E-state index in [4.69, 9.17) is 0 Å². The monoisotopic (exact) mass is 366 g/mol. The summed E-state index contributed by atoms with van der Waals surface area (Å²) < 4.78 is 0. The molecule has 9 nitrogen and oxygen atoms in total. The Morgan fingerprint density at radius 3 is 2.37 bits per heavy atom. The molecule has 1 fully saturated rings. The van der Waals surface area contributed by atoms with Crippen LogP contribution >= 0.6 is 0 Å². The number of carbonyl (C=O) groups excluding carboxylic acids is 3. The predicted molar refractivity (Wildman–Crippen MR) is 97.7 cm³/mol. The lowest BCUT2D eigenvalue weighted by Crippen LogP contribution is -2.50. The number of imide groups is 1. The van der Waals surface area contributed by atoms with Crippen LogP contribution in [0.2, 0.25) is 0 Å². The van der Waals surface area contributed by atoms with E-state index in [2.05, 4.69) is 15.3 Å². The van der Waals surface area contributed by atoms with Gasteiger partial charge in [-0.25, -0.2) is 14.8 Å². The zero-order chi connectivity index (χ0) is 19.0. The standard InChI is InChI=1S/C18H18N6O3/c1-22-15(25)13-4-3-12(11-14(13)16(22)26)21-18(27)24-9-7-23(8-10-24)17-19-5-2-6-20-17/h2-6,11H,7-10H2,1H3,(H,21,27). The van der Waals surface area contributed by atoms with Gasteiger partial charge in [-0.05, 0) is 24.3 Å². The fraction of sp³-hybridized carbons (Fsp3) is 0.278. The summed E-state index contributed by atoms with van der Waals surface area (Å²) in [5.74, 6) is -0.0295. The molecule has 1 N–H and O–H groups in total. The van der Waals surface area contributed by atoms with Crippen molar-refractivity contribution in [2.75, 3.05) is 43.4 Å². The molecule has 138 valence electrons. The molecular weight excluding hydrogens is 348 g/mol. The van der Waals surface area contributed by atoms with Gasteiger partial charge in [0, 0.05) is 51.3 Å². The Balaban J connectivity index is 1.40. The van der Waals surface area contributed by atoms with Gasteiger partial charge < -0.3 is 15.1 Å². The molecule has 3 heterocycles. The summed E-state index contributed by atoms with van der Waals surface area (Å²) in [4.78, 5) is 49.8. The summed E-state index contributed by atoms with van der Waals surface area (Å²) in [5, 5.41) is 2.80. The molecule has 2 aliphatic heterocycles. The number of nitrogens with one attached hydrogen (secondary N) is 1. The summed E-state index contributed by atoms with van der Waals surface area (Å²) in [6.45, 7) is 2.35. The van der Waals surface area contributed by atoms with Crippen molar-refractivity contribution in [2.45, 2.75) is 0 Å². The minimum absolute atomic E-state index is 0.242. The largest absolute Gasteiger partial charge is 0.337 e. The number of nitrogens with zero attached hydrogens (tertiary/aromatic N) is 5. The molecule has 0 saturated carbocycles. The second-order valence-electron chi connectivity index (χ2n) is 6.38. The Kier molecular flexibility index (Phi) is 4.19. The van der Waals surface area contributed by atoms with E-state index in [1.807, 2.05) is 4.90 Å². The van der Waals surface area contributed by atoms with Gasteiger partial charge in [0.05, 0.1) is 11.1 Å². The number of amides is 4. The zero-order valence-corrected chi connectivity index (χ0v) is 14.8. The Morgan fingerprint density at radius 1 is 1.00 bits per heavy atom. The lowest BCUT2D eigenvalue weighted by atomic mass is 10.1. The van der Waals surface area contributed by atoms with E-state index in [0.717, 1.165) is 4.90 Å². The number of aromatic nitrogens is 2. The zero-order valence-electron chi connectivity index (χ0n) is 14.8. The fourth-order valence-corrected chi connectivity index (χ4v) is 3.21. The van der Waals surface area contributed by atoms with Crippen LogP contribution < -0.4 is 10.2 Å². The lowest BCUT2D eigenvalue weighted by molar-refractivity contribution is 0.0693. The third kappa shape index (κ3) is 3.07. The summed E-state index contributed by atoms with van der Waals surface area (Å²) >= 11 is 0. The molecule has 9 heteroatoms. The highest BCUT2D eigenvalue weighted by Gasteiger charge is 2.33. The highest BCUT2D eigenvalue weighted by molar-refractivity contribution is 6.21. The first-order valence-corrected chi connectivity index (χ1v) is 8.59. The van der Waals surface area contributed by atoms with Gasteiger partial charge in [0.1, 0.15) is 0 Å². The number of carbonyl (C=O) groups is 3. The predicted octanol–water partition coefficient (Wildman–Crippen LogP) is 1.06. The molecule has 27 heavy (non-hydrogen) atoms. The maximum absolute atomic E-state index is 12.5. The van der Waals surface area contributed by atoms with E-state index in [9.17, 15) is 14.4 Å². The number of piperazine rings is 1. The third-order valence-corrected chi connectivity index (χ3v) is 4.74. The van der Waals surface area contributed by atoms with Gasteiger partial charge in [0.15, 0.2) is 0 Å². The first kappa shape index (κ1) is 17.0. The molecule has 4 amide bonds. The topological polar surface area (TPSA) is 98.7 Å². The van der Waals surface area contributed by atoms with Crippen molar-refractivity contribution >= 4 is 29.5 Å². The van der Waals surface area contributed by atoms with Crippen molar-refractivity contribution < 1.29 is 14.4 Å². The molecule has 0 spiro atoms. The average molecular weight is 366 g/mol. The molecule has 4 rings (SSSR count). The molecule has 0 aliphatic carbocycles. The number of anilines is 2. The molecule has 2 aliphatic rings. The SMILES string of the molecule is CN1C(=O)c2ccc(NC(=O)N3CCN(c4ncccn4)CC3)cc2C1=O. The molecule has 0 atom stereocenters. The number of benzene rings is 1. The summed E-state index contributed by atoms with van der Waals surface area (Å²) in [5.41, 5.74) is 1.16. The van der Waals surface area contributed by atoms with Crippen molar-refractivity contribution in [1.82, 2.24) is 19.8 Å². The first-order valence-electron chi connectivity index (χ1n) is 8.59. The summed E-state index contributed by atoms with van der Waals surface area (Å²) in [6, 6.07) is 6.27. The smallest absolute Gasteiger partial charge is 0.321 e. The van der Waals surface area contributed by atoms with E-state index < -0.39 is 0 Å². The molecule has 2 aromatic rings. The number of rotatable bonds is 2. The van der Waals surface area contributed by atoms with Crippen LogP contribution in [0.1, 0.15) is 20.7 Å².